The van der Waals surface area contributed by atoms with E-state index in [1.54, 1.807) is 0 Å². The average Bonchev–Trinajstić information content (AvgIpc) is 3.03. The molecule has 1 aliphatic rings. The van der Waals surface area contributed by atoms with Crippen molar-refractivity contribution in [2.75, 3.05) is 0 Å². The van der Waals surface area contributed by atoms with Gasteiger partial charge in [0.15, 0.2) is 0 Å². The van der Waals surface area contributed by atoms with E-state index in [4.69, 9.17) is 0 Å². The summed E-state index contributed by atoms with van der Waals surface area (Å²) in [4.78, 5) is 0. The molecule has 0 unspecified atom stereocenters. The summed E-state index contributed by atoms with van der Waals surface area (Å²) in [5, 5.41) is 0. The molecule has 6 aromatic rings. The van der Waals surface area contributed by atoms with E-state index in [1.807, 2.05) is 0 Å². The molecule has 1 aliphatic carbocycles. The van der Waals surface area contributed by atoms with Crippen molar-refractivity contribution < 1.29 is 0 Å². The molecule has 0 bridgehead atoms. The van der Waals surface area contributed by atoms with Crippen LogP contribution in [0.5, 0.6) is 0 Å². The summed E-state index contributed by atoms with van der Waals surface area (Å²) >= 11 is 0. The maximum Gasteiger partial charge on any atom is 0.0707 e. The minimum absolute atomic E-state index is 0.169. The number of hydrogen-bond donors (Lipinski definition) is 0. The summed E-state index contributed by atoms with van der Waals surface area (Å²) < 4.78 is 0. The average molecular weight is 499 g/mol. The molecule has 0 radical (unpaired) electrons. The van der Waals surface area contributed by atoms with E-state index in [-0.39, 0.29) is 11.8 Å². The van der Waals surface area contributed by atoms with Gasteiger partial charge < -0.3 is 0 Å². The van der Waals surface area contributed by atoms with Gasteiger partial charge in [0, 0.05) is 11.8 Å². The second-order valence-electron chi connectivity index (χ2n) is 10.4. The second kappa shape index (κ2) is 9.89. The summed E-state index contributed by atoms with van der Waals surface area (Å²) in [6.45, 7) is 0. The molecular weight excluding hydrogens is 468 g/mol. The predicted molar refractivity (Wildman–Crippen MR) is 161 cm³/mol. The van der Waals surface area contributed by atoms with Crippen molar-refractivity contribution in [3.05, 3.63) is 214 Å². The van der Waals surface area contributed by atoms with Crippen molar-refractivity contribution in [3.63, 3.8) is 0 Å². The molecular formula is C39H30. The summed E-state index contributed by atoms with van der Waals surface area (Å²) in [5.41, 5.74) is 10.4. The van der Waals surface area contributed by atoms with Gasteiger partial charge in [0.2, 0.25) is 0 Å². The van der Waals surface area contributed by atoms with Crippen LogP contribution in [0.4, 0.5) is 0 Å². The summed E-state index contributed by atoms with van der Waals surface area (Å²) in [7, 11) is 0. The molecule has 0 aliphatic heterocycles. The smallest absolute Gasteiger partial charge is 0.0622 e. The molecule has 7 rings (SSSR count). The first-order valence-electron chi connectivity index (χ1n) is 13.8. The van der Waals surface area contributed by atoms with Crippen LogP contribution in [0.2, 0.25) is 0 Å². The molecule has 186 valence electrons. The number of fused-ring (bicyclic) bond motifs is 2. The van der Waals surface area contributed by atoms with Crippen LogP contribution >= 0.6 is 0 Å². The first kappa shape index (κ1) is 23.4. The summed E-state index contributed by atoms with van der Waals surface area (Å²) in [6.07, 6.45) is 0. The molecule has 39 heavy (non-hydrogen) atoms. The van der Waals surface area contributed by atoms with Crippen molar-refractivity contribution in [1.29, 1.82) is 0 Å². The highest BCUT2D eigenvalue weighted by Gasteiger charge is 2.48. The van der Waals surface area contributed by atoms with E-state index in [0.717, 1.165) is 0 Å². The quantitative estimate of drug-likeness (QED) is 0.222. The first-order chi connectivity index (χ1) is 19.4. The van der Waals surface area contributed by atoms with Crippen LogP contribution < -0.4 is 0 Å². The lowest BCUT2D eigenvalue weighted by Gasteiger charge is -2.47. The molecule has 0 spiro atoms. The monoisotopic (exact) mass is 498 g/mol. The molecule has 0 N–H and O–H groups in total. The zero-order chi connectivity index (χ0) is 26.1. The Kier molecular flexibility index (Phi) is 5.94. The summed E-state index contributed by atoms with van der Waals surface area (Å²) in [6, 6.07) is 62.5. The van der Waals surface area contributed by atoms with Crippen LogP contribution in [0.25, 0.3) is 0 Å². The van der Waals surface area contributed by atoms with E-state index >= 15 is 0 Å². The van der Waals surface area contributed by atoms with Crippen LogP contribution in [-0.4, -0.2) is 0 Å². The Balaban J connectivity index is 1.60. The molecule has 0 heteroatoms. The third kappa shape index (κ3) is 3.75. The van der Waals surface area contributed by atoms with Gasteiger partial charge in [-0.05, 0) is 44.5 Å². The fraction of sp³-hybridized carbons (Fsp3) is 0.0769. The zero-order valence-corrected chi connectivity index (χ0v) is 21.8. The molecule has 0 aromatic heterocycles. The van der Waals surface area contributed by atoms with E-state index < -0.39 is 5.41 Å². The van der Waals surface area contributed by atoms with Crippen LogP contribution in [0.15, 0.2) is 170 Å². The Hall–Kier alpha value is -4.68. The third-order valence-corrected chi connectivity index (χ3v) is 8.46. The zero-order valence-electron chi connectivity index (χ0n) is 21.8. The molecule has 0 saturated carbocycles. The van der Waals surface area contributed by atoms with Crippen molar-refractivity contribution in [2.24, 2.45) is 0 Å². The molecule has 0 atom stereocenters. The van der Waals surface area contributed by atoms with Gasteiger partial charge in [-0.2, -0.15) is 0 Å². The van der Waals surface area contributed by atoms with Gasteiger partial charge >= 0.3 is 0 Å². The third-order valence-electron chi connectivity index (χ3n) is 8.46. The number of rotatable bonds is 5. The summed E-state index contributed by atoms with van der Waals surface area (Å²) in [5.74, 6) is 0.349. The van der Waals surface area contributed by atoms with Gasteiger partial charge in [-0.25, -0.2) is 0 Å². The van der Waals surface area contributed by atoms with Gasteiger partial charge in [-0.15, -0.1) is 0 Å². The SMILES string of the molecule is c1ccc(C(c2ccccc2)C2c3ccccc3C(c3ccccc3)(c3ccccc3)c3ccccc32)cc1. The minimum atomic E-state index is -0.413. The molecule has 0 heterocycles. The Morgan fingerprint density at radius 3 is 1.10 bits per heavy atom. The maximum atomic E-state index is 2.37. The van der Waals surface area contributed by atoms with E-state index in [9.17, 15) is 0 Å². The Morgan fingerprint density at radius 2 is 0.692 bits per heavy atom. The minimum Gasteiger partial charge on any atom is -0.0622 e. The molecule has 0 amide bonds. The van der Waals surface area contributed by atoms with Gasteiger partial charge in [-0.1, -0.05) is 170 Å². The largest absolute Gasteiger partial charge is 0.0707 e. The van der Waals surface area contributed by atoms with Crippen molar-refractivity contribution >= 4 is 0 Å². The number of hydrogen-bond acceptors (Lipinski definition) is 0. The lowest BCUT2D eigenvalue weighted by Crippen LogP contribution is -2.38. The van der Waals surface area contributed by atoms with Crippen molar-refractivity contribution in [2.45, 2.75) is 17.3 Å². The highest BCUT2D eigenvalue weighted by atomic mass is 14.5. The van der Waals surface area contributed by atoms with Gasteiger partial charge in [0.25, 0.3) is 0 Å². The van der Waals surface area contributed by atoms with E-state index in [0.29, 0.717) is 0 Å². The van der Waals surface area contributed by atoms with Gasteiger partial charge in [0.05, 0.1) is 5.41 Å². The molecule has 0 fully saturated rings. The standard InChI is InChI=1S/C39H30/c1-5-17-29(18-6-1)37(30-19-7-2-8-20-30)38-33-25-13-15-27-35(33)39(31-21-9-3-10-22-31,32-23-11-4-12-24-32)36-28-16-14-26-34(36)38/h1-28,37-38H. The second-order valence-corrected chi connectivity index (χ2v) is 10.4. The van der Waals surface area contributed by atoms with Crippen molar-refractivity contribution in [3.8, 4) is 0 Å². The topological polar surface area (TPSA) is 0 Å². The van der Waals surface area contributed by atoms with E-state index in [2.05, 4.69) is 170 Å². The van der Waals surface area contributed by atoms with E-state index in [1.165, 1.54) is 44.5 Å². The van der Waals surface area contributed by atoms with Gasteiger partial charge in [-0.3, -0.25) is 0 Å². The van der Waals surface area contributed by atoms with Crippen molar-refractivity contribution in [1.82, 2.24) is 0 Å². The molecule has 0 nitrogen and oxygen atoms in total. The Morgan fingerprint density at radius 1 is 0.359 bits per heavy atom. The first-order valence-corrected chi connectivity index (χ1v) is 13.8. The van der Waals surface area contributed by atoms with Crippen LogP contribution in [0, 0.1) is 0 Å². The predicted octanol–water partition coefficient (Wildman–Crippen LogP) is 9.35. The molecule has 0 saturated heterocycles. The molecule has 6 aromatic carbocycles. The highest BCUT2D eigenvalue weighted by Crippen LogP contribution is 2.57. The highest BCUT2D eigenvalue weighted by molar-refractivity contribution is 5.69. The normalized spacial score (nSPS) is 14.0. The van der Waals surface area contributed by atoms with Crippen LogP contribution in [-0.2, 0) is 5.41 Å². The Labute approximate surface area is 231 Å². The fourth-order valence-electron chi connectivity index (χ4n) is 6.95. The lowest BCUT2D eigenvalue weighted by molar-refractivity contribution is 0.607. The van der Waals surface area contributed by atoms with Gasteiger partial charge in [0.1, 0.15) is 0 Å². The Bertz CT molecular complexity index is 1560. The lowest BCUT2D eigenvalue weighted by atomic mass is 9.55. The van der Waals surface area contributed by atoms with Crippen LogP contribution in [0.3, 0.4) is 0 Å². The maximum absolute atomic E-state index is 2.37. The number of benzene rings is 6. The van der Waals surface area contributed by atoms with Crippen LogP contribution in [0.1, 0.15) is 56.3 Å². The fourth-order valence-corrected chi connectivity index (χ4v) is 6.95.